The number of rotatable bonds is 6. The summed E-state index contributed by atoms with van der Waals surface area (Å²) in [6.45, 7) is 2.03. The van der Waals surface area contributed by atoms with E-state index in [-0.39, 0.29) is 11.8 Å². The monoisotopic (exact) mass is 540 g/mol. The smallest absolute Gasteiger partial charge is 0.272 e. The van der Waals surface area contributed by atoms with Crippen LogP contribution in [-0.2, 0) is 26.1 Å². The number of hydrogen-bond donors (Lipinski definition) is 1. The van der Waals surface area contributed by atoms with E-state index < -0.39 is 0 Å². The fraction of sp³-hybridized carbons (Fsp3) is 0.152. The van der Waals surface area contributed by atoms with Gasteiger partial charge in [0.2, 0.25) is 0 Å². The van der Waals surface area contributed by atoms with Gasteiger partial charge in [0.05, 0.1) is 29.3 Å². The fourth-order valence-corrected chi connectivity index (χ4v) is 5.61. The van der Waals surface area contributed by atoms with Gasteiger partial charge in [0.1, 0.15) is 11.5 Å². The number of para-hydroxylation sites is 2. The zero-order valence-electron chi connectivity index (χ0n) is 22.4. The van der Waals surface area contributed by atoms with Crippen molar-refractivity contribution in [1.29, 1.82) is 0 Å². The van der Waals surface area contributed by atoms with Crippen molar-refractivity contribution in [2.24, 2.45) is 0 Å². The van der Waals surface area contributed by atoms with E-state index in [9.17, 15) is 9.59 Å². The number of amides is 2. The largest absolute Gasteiger partial charge is 0.345 e. The Hall–Kier alpha value is -5.24. The second-order valence-corrected chi connectivity index (χ2v) is 10.3. The van der Waals surface area contributed by atoms with Crippen LogP contribution in [0.5, 0.6) is 0 Å². The molecule has 0 saturated heterocycles. The molecule has 3 aromatic heterocycles. The molecule has 41 heavy (non-hydrogen) atoms. The second kappa shape index (κ2) is 10.4. The summed E-state index contributed by atoms with van der Waals surface area (Å²) in [6, 6.07) is 31.5. The molecule has 202 valence electrons. The van der Waals surface area contributed by atoms with Crippen molar-refractivity contribution in [2.45, 2.75) is 26.1 Å². The maximum Gasteiger partial charge on any atom is 0.272 e. The molecule has 2 amide bonds. The van der Waals surface area contributed by atoms with Gasteiger partial charge in [-0.1, -0.05) is 54.6 Å². The van der Waals surface area contributed by atoms with Crippen molar-refractivity contribution in [1.82, 2.24) is 29.4 Å². The summed E-state index contributed by atoms with van der Waals surface area (Å²) < 4.78 is 3.83. The highest BCUT2D eigenvalue weighted by Crippen LogP contribution is 2.23. The molecule has 1 aliphatic heterocycles. The summed E-state index contributed by atoms with van der Waals surface area (Å²) in [5.74, 6) is 0.555. The number of aromatic nitrogens is 4. The first-order valence-corrected chi connectivity index (χ1v) is 13.7. The number of imidazole rings is 1. The minimum atomic E-state index is -0.170. The summed E-state index contributed by atoms with van der Waals surface area (Å²) in [5, 5.41) is 7.39. The Morgan fingerprint density at radius 3 is 2.61 bits per heavy atom. The highest BCUT2D eigenvalue weighted by Gasteiger charge is 2.24. The topological polar surface area (TPSA) is 84.5 Å². The Bertz CT molecular complexity index is 1910. The lowest BCUT2D eigenvalue weighted by molar-refractivity contribution is 0.0726. The minimum Gasteiger partial charge on any atom is -0.345 e. The van der Waals surface area contributed by atoms with E-state index in [0.29, 0.717) is 37.4 Å². The number of hydrogen-bond acceptors (Lipinski definition) is 4. The van der Waals surface area contributed by atoms with Gasteiger partial charge in [-0.05, 0) is 65.6 Å². The number of nitrogens with zero attached hydrogens (tertiary/aromatic N) is 5. The van der Waals surface area contributed by atoms with Gasteiger partial charge in [-0.3, -0.25) is 9.59 Å². The summed E-state index contributed by atoms with van der Waals surface area (Å²) in [4.78, 5) is 33.4. The number of nitrogens with one attached hydrogen (secondary N) is 1. The molecular weight excluding hydrogens is 512 g/mol. The van der Waals surface area contributed by atoms with Crippen LogP contribution in [0.3, 0.4) is 0 Å². The van der Waals surface area contributed by atoms with E-state index in [2.05, 4.69) is 33.2 Å². The fourth-order valence-electron chi connectivity index (χ4n) is 5.61. The summed E-state index contributed by atoms with van der Waals surface area (Å²) in [5.41, 5.74) is 7.22. The Labute approximate surface area is 236 Å². The molecule has 0 radical (unpaired) electrons. The second-order valence-electron chi connectivity index (χ2n) is 10.3. The number of fused-ring (bicyclic) bond motifs is 3. The third-order valence-corrected chi connectivity index (χ3v) is 7.73. The number of benzene rings is 3. The predicted molar refractivity (Wildman–Crippen MR) is 157 cm³/mol. The van der Waals surface area contributed by atoms with Crippen LogP contribution in [0.1, 0.15) is 43.4 Å². The molecule has 8 heteroatoms. The average molecular weight is 541 g/mol. The van der Waals surface area contributed by atoms with E-state index in [1.165, 1.54) is 5.56 Å². The van der Waals surface area contributed by atoms with Gasteiger partial charge in [0.25, 0.3) is 11.8 Å². The molecule has 0 spiro atoms. The van der Waals surface area contributed by atoms with Crippen LogP contribution in [0, 0.1) is 0 Å². The van der Waals surface area contributed by atoms with Crippen LogP contribution in [0.2, 0.25) is 0 Å². The van der Waals surface area contributed by atoms with Crippen molar-refractivity contribution < 1.29 is 9.59 Å². The maximum atomic E-state index is 13.4. The Morgan fingerprint density at radius 1 is 0.854 bits per heavy atom. The standard InChI is InChI=1S/C33H28N6O2/c40-32(34-20-31-36-28-10-4-5-11-29(28)38(31)21-23-7-2-1-3-8-23)25-14-13-24-16-18-37(22-26(24)19-25)33(41)30-12-6-9-27-15-17-35-39(27)30/h1-15,17,19H,16,18,20-22H2,(H,34,40). The quantitative estimate of drug-likeness (QED) is 0.327. The third kappa shape index (κ3) is 4.74. The lowest BCUT2D eigenvalue weighted by Gasteiger charge is -2.29. The minimum absolute atomic E-state index is 0.0721. The SMILES string of the molecule is O=C(NCc1nc2ccccc2n1Cc1ccccc1)c1ccc2c(c1)CN(C(=O)c1cccc3ccnn13)CC2. The molecule has 0 unspecified atom stereocenters. The van der Waals surface area contributed by atoms with E-state index in [1.54, 1.807) is 16.8 Å². The molecule has 0 bridgehead atoms. The lowest BCUT2D eigenvalue weighted by Crippen LogP contribution is -2.37. The molecule has 0 fully saturated rings. The lowest BCUT2D eigenvalue weighted by atomic mass is 9.97. The van der Waals surface area contributed by atoms with Gasteiger partial charge in [-0.25, -0.2) is 9.50 Å². The van der Waals surface area contributed by atoms with E-state index >= 15 is 0 Å². The van der Waals surface area contributed by atoms with E-state index in [1.807, 2.05) is 77.7 Å². The number of pyridine rings is 1. The van der Waals surface area contributed by atoms with Crippen molar-refractivity contribution in [3.05, 3.63) is 137 Å². The van der Waals surface area contributed by atoms with Gasteiger partial charge in [0.15, 0.2) is 0 Å². The summed E-state index contributed by atoms with van der Waals surface area (Å²) in [6.07, 6.45) is 2.43. The van der Waals surface area contributed by atoms with Gasteiger partial charge in [-0.15, -0.1) is 0 Å². The summed E-state index contributed by atoms with van der Waals surface area (Å²) >= 11 is 0. The molecule has 0 atom stereocenters. The molecule has 1 N–H and O–H groups in total. The zero-order chi connectivity index (χ0) is 27.8. The Balaban J connectivity index is 1.09. The maximum absolute atomic E-state index is 13.4. The third-order valence-electron chi connectivity index (χ3n) is 7.73. The van der Waals surface area contributed by atoms with Crippen LogP contribution in [0.25, 0.3) is 16.6 Å². The van der Waals surface area contributed by atoms with Crippen LogP contribution in [-0.4, -0.2) is 42.4 Å². The first-order chi connectivity index (χ1) is 20.1. The van der Waals surface area contributed by atoms with Crippen molar-refractivity contribution >= 4 is 28.4 Å². The van der Waals surface area contributed by atoms with Crippen LogP contribution in [0.15, 0.2) is 103 Å². The first-order valence-electron chi connectivity index (χ1n) is 13.7. The molecule has 6 aromatic rings. The average Bonchev–Trinajstić information content (AvgIpc) is 3.64. The highest BCUT2D eigenvalue weighted by atomic mass is 16.2. The van der Waals surface area contributed by atoms with E-state index in [0.717, 1.165) is 39.9 Å². The molecule has 0 aliphatic carbocycles. The van der Waals surface area contributed by atoms with Gasteiger partial charge < -0.3 is 14.8 Å². The molecule has 7 rings (SSSR count). The molecular formula is C33H28N6O2. The first kappa shape index (κ1) is 24.8. The van der Waals surface area contributed by atoms with Crippen LogP contribution < -0.4 is 5.32 Å². The molecule has 3 aromatic carbocycles. The van der Waals surface area contributed by atoms with Gasteiger partial charge >= 0.3 is 0 Å². The number of carbonyl (C=O) groups excluding carboxylic acids is 2. The Kier molecular flexibility index (Phi) is 6.28. The molecule has 8 nitrogen and oxygen atoms in total. The summed E-state index contributed by atoms with van der Waals surface area (Å²) in [7, 11) is 0. The van der Waals surface area contributed by atoms with Crippen LogP contribution in [0.4, 0.5) is 0 Å². The van der Waals surface area contributed by atoms with E-state index in [4.69, 9.17) is 4.98 Å². The predicted octanol–water partition coefficient (Wildman–Crippen LogP) is 4.86. The molecule has 1 aliphatic rings. The zero-order valence-corrected chi connectivity index (χ0v) is 22.4. The van der Waals surface area contributed by atoms with Crippen molar-refractivity contribution in [3.8, 4) is 0 Å². The highest BCUT2D eigenvalue weighted by molar-refractivity contribution is 5.95. The molecule has 0 saturated carbocycles. The normalized spacial score (nSPS) is 12.9. The van der Waals surface area contributed by atoms with Crippen molar-refractivity contribution in [2.75, 3.05) is 6.54 Å². The number of carbonyl (C=O) groups is 2. The molecule has 4 heterocycles. The van der Waals surface area contributed by atoms with Gasteiger partial charge in [-0.2, -0.15) is 5.10 Å². The Morgan fingerprint density at radius 2 is 1.71 bits per heavy atom. The van der Waals surface area contributed by atoms with Crippen molar-refractivity contribution in [3.63, 3.8) is 0 Å². The van der Waals surface area contributed by atoms with Crippen LogP contribution >= 0.6 is 0 Å². The van der Waals surface area contributed by atoms with Gasteiger partial charge in [0, 0.05) is 25.2 Å².